The van der Waals surface area contributed by atoms with E-state index in [1.807, 2.05) is 11.5 Å². The van der Waals surface area contributed by atoms with Crippen LogP contribution in [0.1, 0.15) is 49.9 Å². The number of nitrogens with zero attached hydrogens (tertiary/aromatic N) is 2. The quantitative estimate of drug-likeness (QED) is 0.817. The number of aromatic nitrogens is 2. The Balaban J connectivity index is 3.27. The maximum Gasteiger partial charge on any atom is 0.360 e. The van der Waals surface area contributed by atoms with Gasteiger partial charge in [-0.25, -0.2) is 9.78 Å². The zero-order chi connectivity index (χ0) is 13.2. The number of rotatable bonds is 4. The number of carbonyl (C=O) groups excluding carboxylic acids is 1. The van der Waals surface area contributed by atoms with Crippen molar-refractivity contribution in [1.29, 1.82) is 0 Å². The third-order valence-electron chi connectivity index (χ3n) is 2.93. The van der Waals surface area contributed by atoms with Gasteiger partial charge in [0.05, 0.1) is 7.11 Å². The number of ether oxygens (including phenoxy) is 1. The molecule has 0 spiro atoms. The van der Waals surface area contributed by atoms with Crippen LogP contribution in [-0.2, 0) is 10.3 Å². The molecule has 0 aliphatic rings. The van der Waals surface area contributed by atoms with Gasteiger partial charge in [-0.3, -0.25) is 0 Å². The van der Waals surface area contributed by atoms with Crippen molar-refractivity contribution < 1.29 is 9.53 Å². The molecule has 0 amide bonds. The van der Waals surface area contributed by atoms with E-state index >= 15 is 0 Å². The first kappa shape index (κ1) is 13.5. The van der Waals surface area contributed by atoms with E-state index in [1.165, 1.54) is 7.11 Å². The van der Waals surface area contributed by atoms with Crippen molar-refractivity contribution in [2.45, 2.75) is 46.1 Å². The Morgan fingerprint density at radius 2 is 2.12 bits per heavy atom. The third kappa shape index (κ3) is 2.43. The van der Waals surface area contributed by atoms with Gasteiger partial charge in [-0.05, 0) is 27.2 Å². The molecule has 2 N–H and O–H groups in total. The van der Waals surface area contributed by atoms with E-state index in [2.05, 4.69) is 30.5 Å². The Kier molecular flexibility index (Phi) is 3.80. The zero-order valence-electron chi connectivity index (χ0n) is 11.2. The van der Waals surface area contributed by atoms with Crippen molar-refractivity contribution in [3.05, 3.63) is 11.5 Å². The third-order valence-corrected chi connectivity index (χ3v) is 2.93. The first-order valence-corrected chi connectivity index (χ1v) is 5.78. The Hall–Kier alpha value is -1.52. The summed E-state index contributed by atoms with van der Waals surface area (Å²) < 4.78 is 6.57. The average molecular weight is 239 g/mol. The van der Waals surface area contributed by atoms with E-state index in [9.17, 15) is 4.79 Å². The highest BCUT2D eigenvalue weighted by Gasteiger charge is 2.28. The molecular weight excluding hydrogens is 218 g/mol. The Morgan fingerprint density at radius 3 is 2.59 bits per heavy atom. The molecule has 5 nitrogen and oxygen atoms in total. The van der Waals surface area contributed by atoms with Crippen LogP contribution in [0.3, 0.4) is 0 Å². The maximum absolute atomic E-state index is 11.5. The highest BCUT2D eigenvalue weighted by molar-refractivity contribution is 5.92. The van der Waals surface area contributed by atoms with Gasteiger partial charge in [-0.15, -0.1) is 0 Å². The summed E-state index contributed by atoms with van der Waals surface area (Å²) >= 11 is 0. The lowest BCUT2D eigenvalue weighted by Gasteiger charge is -2.28. The molecule has 0 fully saturated rings. The minimum Gasteiger partial charge on any atom is -0.464 e. The second-order valence-corrected chi connectivity index (χ2v) is 4.78. The lowest BCUT2D eigenvalue weighted by Crippen LogP contribution is -2.28. The SMILES string of the molecule is CCCC(C)(C)n1c(C)nc(C(=O)OC)c1N. The number of carbonyl (C=O) groups is 1. The van der Waals surface area contributed by atoms with Gasteiger partial charge in [0.25, 0.3) is 0 Å². The van der Waals surface area contributed by atoms with E-state index in [0.29, 0.717) is 5.82 Å². The second kappa shape index (κ2) is 4.77. The fraction of sp³-hybridized carbons (Fsp3) is 0.667. The Labute approximate surface area is 102 Å². The molecule has 0 radical (unpaired) electrons. The number of hydrogen-bond acceptors (Lipinski definition) is 4. The van der Waals surface area contributed by atoms with Crippen molar-refractivity contribution in [3.8, 4) is 0 Å². The molecule has 0 bridgehead atoms. The standard InChI is InChI=1S/C12H21N3O2/c1-6-7-12(3,4)15-8(2)14-9(10(15)13)11(16)17-5/h6-7,13H2,1-5H3. The average Bonchev–Trinajstić information content (AvgIpc) is 2.53. The molecule has 1 aromatic rings. The number of aryl methyl sites for hydroxylation is 1. The van der Waals surface area contributed by atoms with Crippen molar-refractivity contribution in [3.63, 3.8) is 0 Å². The molecule has 0 aliphatic carbocycles. The van der Waals surface area contributed by atoms with Crippen LogP contribution in [0.2, 0.25) is 0 Å². The van der Waals surface area contributed by atoms with Gasteiger partial charge in [0.15, 0.2) is 5.69 Å². The molecule has 0 saturated heterocycles. The van der Waals surface area contributed by atoms with Crippen LogP contribution in [0, 0.1) is 6.92 Å². The van der Waals surface area contributed by atoms with Crippen LogP contribution in [0.4, 0.5) is 5.82 Å². The monoisotopic (exact) mass is 239 g/mol. The molecule has 1 rings (SSSR count). The molecule has 1 aromatic heterocycles. The number of hydrogen-bond donors (Lipinski definition) is 1. The van der Waals surface area contributed by atoms with Crippen LogP contribution in [-0.4, -0.2) is 22.6 Å². The summed E-state index contributed by atoms with van der Waals surface area (Å²) in [5.41, 5.74) is 6.05. The van der Waals surface area contributed by atoms with Gasteiger partial charge in [0.1, 0.15) is 11.6 Å². The van der Waals surface area contributed by atoms with Crippen molar-refractivity contribution >= 4 is 11.8 Å². The maximum atomic E-state index is 11.5. The van der Waals surface area contributed by atoms with Gasteiger partial charge in [0.2, 0.25) is 0 Å². The number of imidazole rings is 1. The summed E-state index contributed by atoms with van der Waals surface area (Å²) in [6.45, 7) is 8.14. The summed E-state index contributed by atoms with van der Waals surface area (Å²) in [6, 6.07) is 0. The fourth-order valence-corrected chi connectivity index (χ4v) is 2.28. The number of nitrogen functional groups attached to an aromatic ring is 1. The first-order chi connectivity index (χ1) is 7.85. The smallest absolute Gasteiger partial charge is 0.360 e. The second-order valence-electron chi connectivity index (χ2n) is 4.78. The minimum atomic E-state index is -0.489. The van der Waals surface area contributed by atoms with Gasteiger partial charge >= 0.3 is 5.97 Å². The predicted octanol–water partition coefficient (Wildman–Crippen LogP) is 2.10. The van der Waals surface area contributed by atoms with E-state index in [-0.39, 0.29) is 11.2 Å². The zero-order valence-corrected chi connectivity index (χ0v) is 11.2. The molecule has 0 aliphatic heterocycles. The molecule has 5 heteroatoms. The predicted molar refractivity (Wildman–Crippen MR) is 66.9 cm³/mol. The lowest BCUT2D eigenvalue weighted by atomic mass is 9.98. The highest BCUT2D eigenvalue weighted by atomic mass is 16.5. The van der Waals surface area contributed by atoms with Gasteiger partial charge < -0.3 is 15.0 Å². The van der Waals surface area contributed by atoms with Crippen molar-refractivity contribution in [2.24, 2.45) is 0 Å². The van der Waals surface area contributed by atoms with Crippen LogP contribution < -0.4 is 5.73 Å². The fourth-order valence-electron chi connectivity index (χ4n) is 2.28. The van der Waals surface area contributed by atoms with E-state index in [4.69, 9.17) is 5.73 Å². The summed E-state index contributed by atoms with van der Waals surface area (Å²) in [6.07, 6.45) is 2.01. The van der Waals surface area contributed by atoms with E-state index < -0.39 is 5.97 Å². The number of nitrogens with two attached hydrogens (primary N) is 1. The van der Waals surface area contributed by atoms with Gasteiger partial charge in [0, 0.05) is 5.54 Å². The summed E-state index contributed by atoms with van der Waals surface area (Å²) in [5.74, 6) is 0.630. The Bertz CT molecular complexity index is 422. The number of methoxy groups -OCH3 is 1. The van der Waals surface area contributed by atoms with Crippen LogP contribution in [0.15, 0.2) is 0 Å². The molecule has 0 aromatic carbocycles. The molecule has 1 heterocycles. The topological polar surface area (TPSA) is 70.1 Å². The van der Waals surface area contributed by atoms with Crippen LogP contribution in [0.25, 0.3) is 0 Å². The molecular formula is C12H21N3O2. The minimum absolute atomic E-state index is 0.151. The molecule has 17 heavy (non-hydrogen) atoms. The molecule has 0 saturated carbocycles. The number of anilines is 1. The largest absolute Gasteiger partial charge is 0.464 e. The number of esters is 1. The van der Waals surface area contributed by atoms with E-state index in [1.54, 1.807) is 0 Å². The van der Waals surface area contributed by atoms with Gasteiger partial charge in [-0.2, -0.15) is 0 Å². The first-order valence-electron chi connectivity index (χ1n) is 5.78. The molecule has 0 atom stereocenters. The lowest BCUT2D eigenvalue weighted by molar-refractivity contribution is 0.0595. The summed E-state index contributed by atoms with van der Waals surface area (Å²) in [5, 5.41) is 0. The highest BCUT2D eigenvalue weighted by Crippen LogP contribution is 2.28. The van der Waals surface area contributed by atoms with E-state index in [0.717, 1.165) is 18.7 Å². The Morgan fingerprint density at radius 1 is 1.53 bits per heavy atom. The normalized spacial score (nSPS) is 11.6. The van der Waals surface area contributed by atoms with Crippen molar-refractivity contribution in [2.75, 3.05) is 12.8 Å². The summed E-state index contributed by atoms with van der Waals surface area (Å²) in [7, 11) is 1.33. The van der Waals surface area contributed by atoms with Crippen LogP contribution >= 0.6 is 0 Å². The van der Waals surface area contributed by atoms with Gasteiger partial charge in [-0.1, -0.05) is 13.3 Å². The molecule has 96 valence electrons. The summed E-state index contributed by atoms with van der Waals surface area (Å²) in [4.78, 5) is 15.7. The molecule has 0 unspecified atom stereocenters. The van der Waals surface area contributed by atoms with Crippen LogP contribution in [0.5, 0.6) is 0 Å². The van der Waals surface area contributed by atoms with Crippen molar-refractivity contribution in [1.82, 2.24) is 9.55 Å².